The molecule has 2 aromatic carbocycles. The highest BCUT2D eigenvalue weighted by molar-refractivity contribution is 5.94. The number of methoxy groups -OCH3 is 2. The number of carbonyl (C=O) groups excluding carboxylic acids is 1. The fraction of sp³-hybridized carbons (Fsp3) is 0.429. The first-order valence-corrected chi connectivity index (χ1v) is 13.4. The molecule has 40 heavy (non-hydrogen) atoms. The van der Waals surface area contributed by atoms with Crippen molar-refractivity contribution in [2.24, 2.45) is 0 Å². The van der Waals surface area contributed by atoms with Gasteiger partial charge in [-0.25, -0.2) is 0 Å². The molecule has 0 spiro atoms. The van der Waals surface area contributed by atoms with Gasteiger partial charge in [-0.1, -0.05) is 18.2 Å². The topological polar surface area (TPSA) is 141 Å². The highest BCUT2D eigenvalue weighted by Crippen LogP contribution is 2.31. The first-order chi connectivity index (χ1) is 19.6. The molecule has 0 bridgehead atoms. The van der Waals surface area contributed by atoms with Crippen LogP contribution in [0.1, 0.15) is 29.6 Å². The summed E-state index contributed by atoms with van der Waals surface area (Å²) in [4.78, 5) is 25.6. The summed E-state index contributed by atoms with van der Waals surface area (Å²) in [6.07, 6.45) is 3.40. The summed E-state index contributed by atoms with van der Waals surface area (Å²) in [7, 11) is 3.19. The van der Waals surface area contributed by atoms with Crippen molar-refractivity contribution in [2.45, 2.75) is 25.3 Å². The zero-order chi connectivity index (χ0) is 28.0. The predicted octanol–water partition coefficient (Wildman–Crippen LogP) is 3.47. The lowest BCUT2D eigenvalue weighted by molar-refractivity contribution is 0.0519. The van der Waals surface area contributed by atoms with Crippen molar-refractivity contribution in [1.82, 2.24) is 20.3 Å². The van der Waals surface area contributed by atoms with Gasteiger partial charge in [0.05, 0.1) is 40.6 Å². The lowest BCUT2D eigenvalue weighted by Crippen LogP contribution is -2.28. The molecule has 12 nitrogen and oxygen atoms in total. The molecular weight excluding hydrogens is 514 g/mol. The van der Waals surface area contributed by atoms with Crippen LogP contribution in [-0.2, 0) is 9.47 Å². The Morgan fingerprint density at radius 1 is 0.825 bits per heavy atom. The number of benzene rings is 2. The Labute approximate surface area is 234 Å². The fourth-order valence-corrected chi connectivity index (χ4v) is 3.84. The molecule has 1 saturated carbocycles. The Morgan fingerprint density at radius 2 is 1.52 bits per heavy atom. The Balaban J connectivity index is 1.18. The third kappa shape index (κ3) is 8.95. The fourth-order valence-electron chi connectivity index (χ4n) is 3.84. The van der Waals surface area contributed by atoms with E-state index in [0.717, 1.165) is 18.5 Å². The van der Waals surface area contributed by atoms with Gasteiger partial charge in [-0.2, -0.15) is 15.0 Å². The Hall–Kier alpha value is -4.16. The van der Waals surface area contributed by atoms with E-state index >= 15 is 0 Å². The van der Waals surface area contributed by atoms with Gasteiger partial charge >= 0.3 is 0 Å². The normalized spacial score (nSPS) is 12.8. The van der Waals surface area contributed by atoms with Crippen molar-refractivity contribution < 1.29 is 23.7 Å². The lowest BCUT2D eigenvalue weighted by Gasteiger charge is -2.26. The van der Waals surface area contributed by atoms with E-state index in [4.69, 9.17) is 18.9 Å². The summed E-state index contributed by atoms with van der Waals surface area (Å²) in [5.41, 5.74) is 1.39. The molecule has 214 valence electrons. The summed E-state index contributed by atoms with van der Waals surface area (Å²) < 4.78 is 21.9. The maximum absolute atomic E-state index is 12.0. The predicted molar refractivity (Wildman–Crippen MR) is 153 cm³/mol. The van der Waals surface area contributed by atoms with Gasteiger partial charge in [-0.3, -0.25) is 4.79 Å². The average Bonchev–Trinajstić information content (AvgIpc) is 2.96. The summed E-state index contributed by atoms with van der Waals surface area (Å²) in [6.45, 7) is 2.68. The average molecular weight is 552 g/mol. The second kappa shape index (κ2) is 15.4. The number of hydrogen-bond acceptors (Lipinski definition) is 11. The minimum atomic E-state index is -0.113. The van der Waals surface area contributed by atoms with Crippen LogP contribution in [0, 0.1) is 0 Å². The number of nitrogens with zero attached hydrogens (tertiary/aromatic N) is 3. The van der Waals surface area contributed by atoms with Crippen LogP contribution in [0.25, 0.3) is 0 Å². The quantitative estimate of drug-likeness (QED) is 0.183. The van der Waals surface area contributed by atoms with Gasteiger partial charge in [0.2, 0.25) is 17.8 Å². The van der Waals surface area contributed by atoms with Gasteiger partial charge < -0.3 is 40.2 Å². The van der Waals surface area contributed by atoms with Crippen LogP contribution in [0.4, 0.5) is 23.5 Å². The minimum Gasteiger partial charge on any atom is -0.493 e. The molecule has 0 saturated heterocycles. The van der Waals surface area contributed by atoms with Crippen LogP contribution in [0.5, 0.6) is 11.5 Å². The highest BCUT2D eigenvalue weighted by atomic mass is 16.5. The lowest BCUT2D eigenvalue weighted by atomic mass is 9.93. The zero-order valence-corrected chi connectivity index (χ0v) is 22.9. The third-order valence-electron chi connectivity index (χ3n) is 6.18. The standard InChI is InChI=1S/C28H37N7O5/c1-37-23-12-11-22(19-24(23)38-2)32-28-34-26(33-27(35-28)31-21-9-6-10-21)30-14-16-40-18-17-39-15-13-29-25(36)20-7-4-3-5-8-20/h3-5,7-8,11-12,19,21H,6,9-10,13-18H2,1-2H3,(H,29,36)(H3,30,31,32,33,34,35). The molecule has 3 aromatic rings. The van der Waals surface area contributed by atoms with Gasteiger partial charge in [0, 0.05) is 36.4 Å². The van der Waals surface area contributed by atoms with Crippen molar-refractivity contribution in [3.63, 3.8) is 0 Å². The number of nitrogens with one attached hydrogen (secondary N) is 4. The molecule has 1 aliphatic rings. The van der Waals surface area contributed by atoms with E-state index in [1.807, 2.05) is 36.4 Å². The Bertz CT molecular complexity index is 1210. The first kappa shape index (κ1) is 28.8. The summed E-state index contributed by atoms with van der Waals surface area (Å²) in [6, 6.07) is 15.0. The molecule has 0 radical (unpaired) electrons. The monoisotopic (exact) mass is 551 g/mol. The summed E-state index contributed by atoms with van der Waals surface area (Å²) >= 11 is 0. The summed E-state index contributed by atoms with van der Waals surface area (Å²) in [5, 5.41) is 12.6. The van der Waals surface area contributed by atoms with E-state index < -0.39 is 0 Å². The van der Waals surface area contributed by atoms with Crippen LogP contribution in [0.3, 0.4) is 0 Å². The second-order valence-corrected chi connectivity index (χ2v) is 9.05. The second-order valence-electron chi connectivity index (χ2n) is 9.05. The van der Waals surface area contributed by atoms with E-state index in [-0.39, 0.29) is 5.91 Å². The zero-order valence-electron chi connectivity index (χ0n) is 22.9. The minimum absolute atomic E-state index is 0.113. The molecule has 1 fully saturated rings. The Morgan fingerprint density at radius 3 is 2.23 bits per heavy atom. The molecule has 0 aliphatic heterocycles. The van der Waals surface area contributed by atoms with Crippen molar-refractivity contribution >= 4 is 29.4 Å². The van der Waals surface area contributed by atoms with Gasteiger partial charge in [0.1, 0.15) is 0 Å². The number of anilines is 4. The molecule has 1 heterocycles. The van der Waals surface area contributed by atoms with Crippen LogP contribution in [0.2, 0.25) is 0 Å². The number of rotatable bonds is 17. The molecule has 0 unspecified atom stereocenters. The van der Waals surface area contributed by atoms with Crippen molar-refractivity contribution in [2.75, 3.05) is 69.7 Å². The van der Waals surface area contributed by atoms with Crippen LogP contribution in [0.15, 0.2) is 48.5 Å². The molecule has 12 heteroatoms. The van der Waals surface area contributed by atoms with Crippen LogP contribution in [-0.4, -0.2) is 80.6 Å². The van der Waals surface area contributed by atoms with E-state index in [9.17, 15) is 4.79 Å². The van der Waals surface area contributed by atoms with Crippen LogP contribution < -0.4 is 30.7 Å². The van der Waals surface area contributed by atoms with Gasteiger partial charge in [0.15, 0.2) is 11.5 Å². The molecule has 4 N–H and O–H groups in total. The molecule has 1 amide bonds. The van der Waals surface area contributed by atoms with Gasteiger partial charge in [-0.15, -0.1) is 0 Å². The molecule has 1 aromatic heterocycles. The largest absolute Gasteiger partial charge is 0.493 e. The maximum atomic E-state index is 12.0. The van der Waals surface area contributed by atoms with Crippen LogP contribution >= 0.6 is 0 Å². The molecule has 1 aliphatic carbocycles. The van der Waals surface area contributed by atoms with E-state index in [1.54, 1.807) is 26.4 Å². The number of aromatic nitrogens is 3. The van der Waals surface area contributed by atoms with Gasteiger partial charge in [0.25, 0.3) is 5.91 Å². The first-order valence-electron chi connectivity index (χ1n) is 13.4. The van der Waals surface area contributed by atoms with E-state index in [2.05, 4.69) is 36.2 Å². The molecule has 0 atom stereocenters. The maximum Gasteiger partial charge on any atom is 0.251 e. The smallest absolute Gasteiger partial charge is 0.251 e. The van der Waals surface area contributed by atoms with Crippen molar-refractivity contribution in [3.05, 3.63) is 54.1 Å². The number of carbonyl (C=O) groups is 1. The summed E-state index contributed by atoms with van der Waals surface area (Å²) in [5.74, 6) is 2.48. The Kier molecular flexibility index (Phi) is 11.1. The van der Waals surface area contributed by atoms with Crippen molar-refractivity contribution in [1.29, 1.82) is 0 Å². The third-order valence-corrected chi connectivity index (χ3v) is 6.18. The number of amides is 1. The van der Waals surface area contributed by atoms with E-state index in [1.165, 1.54) is 6.42 Å². The number of hydrogen-bond donors (Lipinski definition) is 4. The van der Waals surface area contributed by atoms with Gasteiger partial charge in [-0.05, 0) is 43.5 Å². The number of ether oxygens (including phenoxy) is 4. The molecular formula is C28H37N7O5. The van der Waals surface area contributed by atoms with Crippen molar-refractivity contribution in [3.8, 4) is 11.5 Å². The SMILES string of the molecule is COc1ccc(Nc2nc(NCCOCCOCCNC(=O)c3ccccc3)nc(NC3CCC3)n2)cc1OC. The van der Waals surface area contributed by atoms with E-state index in [0.29, 0.717) is 80.5 Å². The molecule has 4 rings (SSSR count). The highest BCUT2D eigenvalue weighted by Gasteiger charge is 2.19.